The van der Waals surface area contributed by atoms with Crippen molar-refractivity contribution < 1.29 is 14.1 Å². The number of carbonyl (C=O) groups excluding carboxylic acids is 1. The monoisotopic (exact) mass is 460 g/mol. The van der Waals surface area contributed by atoms with Gasteiger partial charge in [0.1, 0.15) is 10.8 Å². The number of hydrogen-bond acceptors (Lipinski definition) is 7. The predicted octanol–water partition coefficient (Wildman–Crippen LogP) is 4.43. The molecule has 1 saturated heterocycles. The van der Waals surface area contributed by atoms with E-state index in [4.69, 9.17) is 14.2 Å². The van der Waals surface area contributed by atoms with Crippen molar-refractivity contribution in [3.8, 4) is 28.3 Å². The lowest BCUT2D eigenvalue weighted by Gasteiger charge is -2.33. The number of ether oxygens (including phenoxy) is 1. The summed E-state index contributed by atoms with van der Waals surface area (Å²) in [6.07, 6.45) is 0. The van der Waals surface area contributed by atoms with Crippen molar-refractivity contribution in [1.82, 2.24) is 19.9 Å². The van der Waals surface area contributed by atoms with Crippen molar-refractivity contribution in [3.63, 3.8) is 0 Å². The largest absolute Gasteiger partial charge is 0.497 e. The van der Waals surface area contributed by atoms with Crippen LogP contribution in [0.5, 0.6) is 5.75 Å². The molecule has 1 aliphatic rings. The number of amides is 1. The minimum Gasteiger partial charge on any atom is -0.497 e. The van der Waals surface area contributed by atoms with Gasteiger partial charge in [0, 0.05) is 48.8 Å². The van der Waals surface area contributed by atoms with Crippen LogP contribution in [0.15, 0.2) is 70.6 Å². The minimum absolute atomic E-state index is 0.0865. The molecule has 0 spiro atoms. The second-order valence-corrected chi connectivity index (χ2v) is 8.81. The summed E-state index contributed by atoms with van der Waals surface area (Å²) < 4.78 is 10.6. The Hall–Kier alpha value is -3.49. The van der Waals surface area contributed by atoms with Crippen LogP contribution in [0, 0.1) is 0 Å². The van der Waals surface area contributed by atoms with Crippen LogP contribution >= 0.6 is 11.3 Å². The molecule has 1 aliphatic heterocycles. The summed E-state index contributed by atoms with van der Waals surface area (Å²) in [6.45, 7) is 3.69. The van der Waals surface area contributed by atoms with Gasteiger partial charge in [-0.2, -0.15) is 0 Å². The maximum atomic E-state index is 12.9. The van der Waals surface area contributed by atoms with Crippen molar-refractivity contribution in [2.45, 2.75) is 6.54 Å². The number of piperazine rings is 1. The topological polar surface area (TPSA) is 71.7 Å². The average molecular weight is 461 g/mol. The maximum absolute atomic E-state index is 12.9. The number of hydrogen-bond donors (Lipinski definition) is 0. The van der Waals surface area contributed by atoms with E-state index in [1.165, 1.54) is 0 Å². The lowest BCUT2D eigenvalue weighted by molar-refractivity contribution is 0.0618. The van der Waals surface area contributed by atoms with E-state index in [0.717, 1.165) is 47.2 Å². The Bertz CT molecular complexity index is 1210. The zero-order valence-corrected chi connectivity index (χ0v) is 19.1. The van der Waals surface area contributed by atoms with Crippen LogP contribution in [0.2, 0.25) is 0 Å². The van der Waals surface area contributed by atoms with Crippen LogP contribution in [-0.2, 0) is 6.54 Å². The summed E-state index contributed by atoms with van der Waals surface area (Å²) in [5.41, 5.74) is 3.32. The summed E-state index contributed by atoms with van der Waals surface area (Å²) in [7, 11) is 1.66. The molecule has 0 bridgehead atoms. The number of carbonyl (C=O) groups is 1. The van der Waals surface area contributed by atoms with Crippen LogP contribution in [0.4, 0.5) is 0 Å². The van der Waals surface area contributed by atoms with E-state index in [-0.39, 0.29) is 5.91 Å². The molecule has 7 nitrogen and oxygen atoms in total. The van der Waals surface area contributed by atoms with Gasteiger partial charge in [-0.25, -0.2) is 4.98 Å². The summed E-state index contributed by atoms with van der Waals surface area (Å²) in [5.74, 6) is 1.36. The summed E-state index contributed by atoms with van der Waals surface area (Å²) >= 11 is 1.67. The van der Waals surface area contributed by atoms with Crippen LogP contribution < -0.4 is 4.74 Å². The molecule has 0 aliphatic carbocycles. The van der Waals surface area contributed by atoms with Crippen molar-refractivity contribution in [2.24, 2.45) is 0 Å². The number of rotatable bonds is 6. The average Bonchev–Trinajstić information content (AvgIpc) is 3.55. The van der Waals surface area contributed by atoms with Gasteiger partial charge in [0.2, 0.25) is 0 Å². The number of benzene rings is 2. The molecule has 2 aromatic carbocycles. The molecule has 2 aromatic heterocycles. The highest BCUT2D eigenvalue weighted by Crippen LogP contribution is 2.25. The smallest absolute Gasteiger partial charge is 0.276 e. The van der Waals surface area contributed by atoms with E-state index in [1.54, 1.807) is 24.5 Å². The van der Waals surface area contributed by atoms with Gasteiger partial charge in [0.15, 0.2) is 11.5 Å². The van der Waals surface area contributed by atoms with Gasteiger partial charge in [-0.15, -0.1) is 11.3 Å². The zero-order chi connectivity index (χ0) is 22.6. The van der Waals surface area contributed by atoms with Gasteiger partial charge in [0.05, 0.1) is 19.3 Å². The first-order valence-corrected chi connectivity index (χ1v) is 11.7. The lowest BCUT2D eigenvalue weighted by atomic mass is 10.1. The molecule has 168 valence electrons. The van der Waals surface area contributed by atoms with Crippen molar-refractivity contribution in [2.75, 3.05) is 33.3 Å². The fourth-order valence-electron chi connectivity index (χ4n) is 3.85. The summed E-state index contributed by atoms with van der Waals surface area (Å²) in [6, 6.07) is 19.3. The predicted molar refractivity (Wildman–Crippen MR) is 127 cm³/mol. The summed E-state index contributed by atoms with van der Waals surface area (Å²) in [4.78, 5) is 21.9. The van der Waals surface area contributed by atoms with Gasteiger partial charge in [0.25, 0.3) is 5.91 Å². The Morgan fingerprint density at radius 1 is 1.03 bits per heavy atom. The van der Waals surface area contributed by atoms with Gasteiger partial charge < -0.3 is 14.2 Å². The Morgan fingerprint density at radius 3 is 2.52 bits per heavy atom. The highest BCUT2D eigenvalue weighted by atomic mass is 32.1. The molecular formula is C25H24N4O3S. The van der Waals surface area contributed by atoms with Crippen molar-refractivity contribution in [1.29, 1.82) is 0 Å². The minimum atomic E-state index is -0.0865. The molecule has 8 heteroatoms. The molecular weight excluding hydrogens is 436 g/mol. The molecule has 5 rings (SSSR count). The van der Waals surface area contributed by atoms with Crippen molar-refractivity contribution in [3.05, 3.63) is 76.7 Å². The second kappa shape index (κ2) is 9.56. The first-order valence-electron chi connectivity index (χ1n) is 10.8. The molecule has 0 N–H and O–H groups in total. The first-order chi connectivity index (χ1) is 16.2. The molecule has 4 aromatic rings. The third-order valence-corrected chi connectivity index (χ3v) is 6.58. The molecule has 1 amide bonds. The SMILES string of the molecule is COc1ccc(-c2csc(CN3CCN(C(=O)c4cc(-c5ccccc5)on4)CC3)n2)cc1. The van der Waals surface area contributed by atoms with Gasteiger partial charge in [-0.3, -0.25) is 9.69 Å². The van der Waals surface area contributed by atoms with Crippen LogP contribution in [0.1, 0.15) is 15.5 Å². The fraction of sp³-hybridized carbons (Fsp3) is 0.240. The highest BCUT2D eigenvalue weighted by Gasteiger charge is 2.25. The zero-order valence-electron chi connectivity index (χ0n) is 18.3. The number of aromatic nitrogens is 2. The standard InChI is InChI=1S/C25H24N4O3S/c1-31-20-9-7-18(8-10-20)22-17-33-24(26-22)16-28-11-13-29(14-12-28)25(30)21-15-23(32-27-21)19-5-3-2-4-6-19/h2-10,15,17H,11-14,16H2,1H3. The molecule has 0 atom stereocenters. The fourth-order valence-corrected chi connectivity index (χ4v) is 4.70. The van der Waals surface area contributed by atoms with Crippen LogP contribution in [0.3, 0.4) is 0 Å². The van der Waals surface area contributed by atoms with E-state index < -0.39 is 0 Å². The van der Waals surface area contributed by atoms with Crippen LogP contribution in [0.25, 0.3) is 22.6 Å². The van der Waals surface area contributed by atoms with Gasteiger partial charge in [-0.05, 0) is 24.3 Å². The number of nitrogens with zero attached hydrogens (tertiary/aromatic N) is 4. The molecule has 0 radical (unpaired) electrons. The first kappa shape index (κ1) is 21.4. The quantitative estimate of drug-likeness (QED) is 0.424. The Labute approximate surface area is 196 Å². The van der Waals surface area contributed by atoms with E-state index in [2.05, 4.69) is 15.4 Å². The number of methoxy groups -OCH3 is 1. The Morgan fingerprint density at radius 2 is 1.79 bits per heavy atom. The maximum Gasteiger partial charge on any atom is 0.276 e. The third kappa shape index (κ3) is 4.81. The molecule has 3 heterocycles. The third-order valence-electron chi connectivity index (χ3n) is 5.74. The highest BCUT2D eigenvalue weighted by molar-refractivity contribution is 7.09. The Kier molecular flexibility index (Phi) is 6.19. The summed E-state index contributed by atoms with van der Waals surface area (Å²) in [5, 5.41) is 7.16. The van der Waals surface area contributed by atoms with Crippen LogP contribution in [-0.4, -0.2) is 59.1 Å². The molecule has 0 unspecified atom stereocenters. The Balaban J connectivity index is 1.16. The lowest BCUT2D eigenvalue weighted by Crippen LogP contribution is -2.48. The van der Waals surface area contributed by atoms with E-state index in [0.29, 0.717) is 24.5 Å². The molecule has 33 heavy (non-hydrogen) atoms. The molecule has 0 saturated carbocycles. The van der Waals surface area contributed by atoms with E-state index in [9.17, 15) is 4.79 Å². The van der Waals surface area contributed by atoms with E-state index >= 15 is 0 Å². The number of thiazole rings is 1. The second-order valence-electron chi connectivity index (χ2n) is 7.87. The van der Waals surface area contributed by atoms with Gasteiger partial charge >= 0.3 is 0 Å². The van der Waals surface area contributed by atoms with Crippen molar-refractivity contribution >= 4 is 17.2 Å². The van der Waals surface area contributed by atoms with E-state index in [1.807, 2.05) is 59.5 Å². The normalized spacial score (nSPS) is 14.4. The van der Waals surface area contributed by atoms with Gasteiger partial charge in [-0.1, -0.05) is 35.5 Å². The molecule has 1 fully saturated rings.